The highest BCUT2D eigenvalue weighted by molar-refractivity contribution is 9.10. The standard InChI is InChI=1S/C20H17BrF3N5O/c1-11-3-2-4-17(25-11)27-19(30)15-10-18-26-14(12-5-7-13(21)8-6-12)9-16(20(22,23)24)29(18)28-15/h2-8,10,14,16,26H,9H2,1H3,(H,25,27,30)/t14-,16-/m0/s1. The molecule has 3 aromatic rings. The molecule has 1 aromatic carbocycles. The number of amides is 1. The average Bonchev–Trinajstić information content (AvgIpc) is 3.11. The third kappa shape index (κ3) is 4.18. The molecule has 0 fully saturated rings. The lowest BCUT2D eigenvalue weighted by Gasteiger charge is -2.33. The van der Waals surface area contributed by atoms with E-state index in [1.54, 1.807) is 49.4 Å². The predicted molar refractivity (Wildman–Crippen MR) is 109 cm³/mol. The number of benzene rings is 1. The Morgan fingerprint density at radius 1 is 1.23 bits per heavy atom. The first-order chi connectivity index (χ1) is 14.2. The van der Waals surface area contributed by atoms with Crippen LogP contribution in [-0.4, -0.2) is 26.8 Å². The Hall–Kier alpha value is -2.88. The fourth-order valence-corrected chi connectivity index (χ4v) is 3.66. The Morgan fingerprint density at radius 2 is 1.97 bits per heavy atom. The van der Waals surface area contributed by atoms with Crippen LogP contribution < -0.4 is 10.6 Å². The van der Waals surface area contributed by atoms with E-state index in [1.165, 1.54) is 6.07 Å². The van der Waals surface area contributed by atoms with Gasteiger partial charge in [-0.05, 0) is 36.8 Å². The molecule has 4 rings (SSSR count). The highest BCUT2D eigenvalue weighted by Gasteiger charge is 2.46. The van der Waals surface area contributed by atoms with Crippen LogP contribution in [0.1, 0.15) is 40.3 Å². The number of nitrogens with zero attached hydrogens (tertiary/aromatic N) is 3. The molecule has 2 atom stereocenters. The van der Waals surface area contributed by atoms with Gasteiger partial charge in [-0.2, -0.15) is 18.3 Å². The van der Waals surface area contributed by atoms with Crippen LogP contribution in [0.2, 0.25) is 0 Å². The first-order valence-corrected chi connectivity index (χ1v) is 9.93. The van der Waals surface area contributed by atoms with Gasteiger partial charge in [-0.1, -0.05) is 34.1 Å². The van der Waals surface area contributed by atoms with Gasteiger partial charge in [-0.3, -0.25) is 4.79 Å². The van der Waals surface area contributed by atoms with Crippen LogP contribution in [0.3, 0.4) is 0 Å². The maximum absolute atomic E-state index is 13.8. The second kappa shape index (κ2) is 7.75. The molecular formula is C20H17BrF3N5O. The third-order valence-electron chi connectivity index (χ3n) is 4.82. The van der Waals surface area contributed by atoms with E-state index in [0.29, 0.717) is 11.5 Å². The highest BCUT2D eigenvalue weighted by Crippen LogP contribution is 2.43. The summed E-state index contributed by atoms with van der Waals surface area (Å²) in [6.07, 6.45) is -4.75. The fourth-order valence-electron chi connectivity index (χ4n) is 3.39. The zero-order valence-electron chi connectivity index (χ0n) is 15.7. The summed E-state index contributed by atoms with van der Waals surface area (Å²) < 4.78 is 43.0. The molecule has 0 saturated carbocycles. The van der Waals surface area contributed by atoms with Gasteiger partial charge in [0, 0.05) is 22.7 Å². The Balaban J connectivity index is 1.64. The zero-order valence-corrected chi connectivity index (χ0v) is 17.3. The van der Waals surface area contributed by atoms with Gasteiger partial charge >= 0.3 is 6.18 Å². The van der Waals surface area contributed by atoms with Crippen LogP contribution in [0.4, 0.5) is 24.8 Å². The van der Waals surface area contributed by atoms with Crippen LogP contribution in [0.5, 0.6) is 0 Å². The minimum Gasteiger partial charge on any atom is -0.363 e. The summed E-state index contributed by atoms with van der Waals surface area (Å²) in [7, 11) is 0. The number of carbonyl (C=O) groups excluding carboxylic acids is 1. The molecule has 3 heterocycles. The SMILES string of the molecule is Cc1cccc(NC(=O)c2cc3n(n2)[C@H](C(F)(F)F)C[C@@H](c2ccc(Br)cc2)N3)n1. The van der Waals surface area contributed by atoms with E-state index in [1.807, 2.05) is 0 Å². The van der Waals surface area contributed by atoms with Gasteiger partial charge < -0.3 is 10.6 Å². The number of aromatic nitrogens is 3. The van der Waals surface area contributed by atoms with Gasteiger partial charge in [0.05, 0.1) is 6.04 Å². The summed E-state index contributed by atoms with van der Waals surface area (Å²) in [6, 6.07) is 11.1. The molecule has 1 aliphatic heterocycles. The van der Waals surface area contributed by atoms with Crippen molar-refractivity contribution in [3.8, 4) is 0 Å². The summed E-state index contributed by atoms with van der Waals surface area (Å²) in [4.78, 5) is 16.7. The largest absolute Gasteiger partial charge is 0.410 e. The highest BCUT2D eigenvalue weighted by atomic mass is 79.9. The fraction of sp³-hybridized carbons (Fsp3) is 0.250. The van der Waals surface area contributed by atoms with Gasteiger partial charge in [-0.25, -0.2) is 9.67 Å². The molecule has 30 heavy (non-hydrogen) atoms. The molecular weight excluding hydrogens is 463 g/mol. The summed E-state index contributed by atoms with van der Waals surface area (Å²) in [6.45, 7) is 1.77. The predicted octanol–water partition coefficient (Wildman–Crippen LogP) is 5.26. The van der Waals surface area contributed by atoms with Crippen molar-refractivity contribution in [2.75, 3.05) is 10.6 Å². The molecule has 2 N–H and O–H groups in total. The zero-order chi connectivity index (χ0) is 21.5. The topological polar surface area (TPSA) is 71.8 Å². The normalized spacial score (nSPS) is 18.4. The number of fused-ring (bicyclic) bond motifs is 1. The van der Waals surface area contributed by atoms with Gasteiger partial charge in [0.15, 0.2) is 11.7 Å². The number of halogens is 4. The van der Waals surface area contributed by atoms with Crippen molar-refractivity contribution >= 4 is 33.5 Å². The Bertz CT molecular complexity index is 1080. The van der Waals surface area contributed by atoms with Crippen molar-refractivity contribution in [2.24, 2.45) is 0 Å². The number of alkyl halides is 3. The number of carbonyl (C=O) groups is 1. The average molecular weight is 480 g/mol. The monoisotopic (exact) mass is 479 g/mol. The minimum atomic E-state index is -4.51. The van der Waals surface area contributed by atoms with Crippen LogP contribution in [-0.2, 0) is 0 Å². The summed E-state index contributed by atoms with van der Waals surface area (Å²) >= 11 is 3.33. The maximum Gasteiger partial charge on any atom is 0.410 e. The maximum atomic E-state index is 13.8. The number of hydrogen-bond acceptors (Lipinski definition) is 4. The molecule has 156 valence electrons. The second-order valence-corrected chi connectivity index (χ2v) is 7.93. The number of pyridine rings is 1. The van der Waals surface area contributed by atoms with Gasteiger partial charge in [0.1, 0.15) is 11.6 Å². The number of hydrogen-bond donors (Lipinski definition) is 2. The van der Waals surface area contributed by atoms with Crippen molar-refractivity contribution in [3.05, 3.63) is 70.0 Å². The number of anilines is 2. The van der Waals surface area contributed by atoms with Gasteiger partial charge in [0.25, 0.3) is 5.91 Å². The van der Waals surface area contributed by atoms with Gasteiger partial charge in [0.2, 0.25) is 0 Å². The van der Waals surface area contributed by atoms with Crippen molar-refractivity contribution in [2.45, 2.75) is 31.6 Å². The molecule has 1 amide bonds. The first-order valence-electron chi connectivity index (χ1n) is 9.14. The molecule has 0 spiro atoms. The van der Waals surface area contributed by atoms with Crippen molar-refractivity contribution in [1.82, 2.24) is 14.8 Å². The number of rotatable bonds is 3. The summed E-state index contributed by atoms with van der Waals surface area (Å²) in [5, 5.41) is 9.59. The number of aryl methyl sites for hydroxylation is 1. The summed E-state index contributed by atoms with van der Waals surface area (Å²) in [5.74, 6) is -0.184. The summed E-state index contributed by atoms with van der Waals surface area (Å²) in [5.41, 5.74) is 1.30. The van der Waals surface area contributed by atoms with Crippen LogP contribution in [0.25, 0.3) is 0 Å². The molecule has 0 saturated heterocycles. The molecule has 1 aliphatic rings. The van der Waals surface area contributed by atoms with E-state index in [9.17, 15) is 18.0 Å². The van der Waals surface area contributed by atoms with Crippen LogP contribution in [0.15, 0.2) is 53.0 Å². The minimum absolute atomic E-state index is 0.119. The smallest absolute Gasteiger partial charge is 0.363 e. The van der Waals surface area contributed by atoms with Crippen LogP contribution >= 0.6 is 15.9 Å². The lowest BCUT2D eigenvalue weighted by Crippen LogP contribution is -2.35. The van der Waals surface area contributed by atoms with E-state index in [4.69, 9.17) is 0 Å². The van der Waals surface area contributed by atoms with Crippen molar-refractivity contribution in [1.29, 1.82) is 0 Å². The lowest BCUT2D eigenvalue weighted by molar-refractivity contribution is -0.173. The van der Waals surface area contributed by atoms with E-state index in [0.717, 1.165) is 14.7 Å². The Kier molecular flexibility index (Phi) is 5.27. The van der Waals surface area contributed by atoms with Crippen molar-refractivity contribution in [3.63, 3.8) is 0 Å². The number of nitrogens with one attached hydrogen (secondary N) is 2. The van der Waals surface area contributed by atoms with E-state index in [-0.39, 0.29) is 17.9 Å². The van der Waals surface area contributed by atoms with E-state index < -0.39 is 24.2 Å². The second-order valence-electron chi connectivity index (χ2n) is 7.02. The molecule has 0 radical (unpaired) electrons. The lowest BCUT2D eigenvalue weighted by atomic mass is 9.97. The van der Waals surface area contributed by atoms with E-state index >= 15 is 0 Å². The molecule has 6 nitrogen and oxygen atoms in total. The molecule has 2 aromatic heterocycles. The first kappa shape index (κ1) is 20.4. The van der Waals surface area contributed by atoms with E-state index in [2.05, 4.69) is 36.6 Å². The molecule has 0 bridgehead atoms. The Labute approximate surface area is 178 Å². The van der Waals surface area contributed by atoms with Gasteiger partial charge in [-0.15, -0.1) is 0 Å². The van der Waals surface area contributed by atoms with Crippen molar-refractivity contribution < 1.29 is 18.0 Å². The van der Waals surface area contributed by atoms with Crippen LogP contribution in [0, 0.1) is 6.92 Å². The molecule has 0 unspecified atom stereocenters. The quantitative estimate of drug-likeness (QED) is 0.537. The molecule has 10 heteroatoms. The third-order valence-corrected chi connectivity index (χ3v) is 5.35. The Morgan fingerprint density at radius 3 is 2.63 bits per heavy atom. The molecule has 0 aliphatic carbocycles.